The van der Waals surface area contributed by atoms with Crippen molar-refractivity contribution in [1.82, 2.24) is 5.32 Å². The van der Waals surface area contributed by atoms with E-state index in [9.17, 15) is 13.2 Å². The molecule has 3 fully saturated rings. The van der Waals surface area contributed by atoms with Crippen molar-refractivity contribution in [2.45, 2.75) is 63.9 Å². The Bertz CT molecular complexity index is 788. The number of benzene rings is 1. The maximum atomic E-state index is 12.2. The molecule has 0 aromatic heterocycles. The summed E-state index contributed by atoms with van der Waals surface area (Å²) in [5.41, 5.74) is 0.851. The van der Waals surface area contributed by atoms with Crippen LogP contribution in [0.1, 0.15) is 52.0 Å². The van der Waals surface area contributed by atoms with E-state index >= 15 is 0 Å². The molecule has 0 unspecified atom stereocenters. The molecule has 0 spiro atoms. The van der Waals surface area contributed by atoms with Gasteiger partial charge in [-0.1, -0.05) is 17.7 Å². The molecule has 0 heterocycles. The second-order valence-corrected chi connectivity index (χ2v) is 10.8. The first kappa shape index (κ1) is 20.1. The number of hydrogen-bond acceptors (Lipinski definition) is 5. The van der Waals surface area contributed by atoms with Crippen molar-refractivity contribution in [1.29, 1.82) is 0 Å². The average molecular weight is 396 g/mol. The topological polar surface area (TPSA) is 81.7 Å². The van der Waals surface area contributed by atoms with E-state index in [-0.39, 0.29) is 28.4 Å². The fraction of sp³-hybridized carbons (Fsp3) is 0.650. The molecule has 1 aromatic carbocycles. The van der Waals surface area contributed by atoms with Crippen molar-refractivity contribution in [3.8, 4) is 0 Å². The zero-order valence-corrected chi connectivity index (χ0v) is 17.3. The molecule has 27 heavy (non-hydrogen) atoms. The molecule has 3 aliphatic carbocycles. The number of aryl methyl sites for hydroxylation is 1. The van der Waals surface area contributed by atoms with Crippen LogP contribution in [0.5, 0.6) is 0 Å². The molecule has 0 saturated heterocycles. The Labute approximate surface area is 161 Å². The molecule has 3 aliphatic rings. The number of ether oxygens (including phenoxy) is 1. The van der Waals surface area contributed by atoms with Crippen molar-refractivity contribution in [3.05, 3.63) is 29.8 Å². The van der Waals surface area contributed by atoms with E-state index in [0.717, 1.165) is 31.2 Å². The fourth-order valence-electron chi connectivity index (χ4n) is 4.40. The van der Waals surface area contributed by atoms with Gasteiger partial charge in [0.1, 0.15) is 5.60 Å². The number of rotatable bonds is 7. The molecule has 0 atom stereocenters. The van der Waals surface area contributed by atoms with Crippen molar-refractivity contribution >= 4 is 16.2 Å². The van der Waals surface area contributed by atoms with Crippen molar-refractivity contribution in [3.63, 3.8) is 0 Å². The van der Waals surface area contributed by atoms with Crippen molar-refractivity contribution < 1.29 is 22.1 Å². The number of carbonyl (C=O) groups excluding carboxylic acids is 1. The summed E-state index contributed by atoms with van der Waals surface area (Å²) >= 11 is 0. The van der Waals surface area contributed by atoms with Crippen LogP contribution in [0.3, 0.4) is 0 Å². The smallest absolute Gasteiger partial charge is 0.407 e. The first-order chi connectivity index (χ1) is 12.4. The van der Waals surface area contributed by atoms with E-state index in [1.54, 1.807) is 24.3 Å². The van der Waals surface area contributed by atoms with Crippen LogP contribution in [0.2, 0.25) is 0 Å². The lowest BCUT2D eigenvalue weighted by molar-refractivity contribution is -0.206. The Morgan fingerprint density at radius 1 is 1.11 bits per heavy atom. The summed E-state index contributed by atoms with van der Waals surface area (Å²) in [6.45, 7) is 8.25. The van der Waals surface area contributed by atoms with Gasteiger partial charge in [-0.25, -0.2) is 4.79 Å². The Hall–Kier alpha value is -1.60. The largest absolute Gasteiger partial charge is 0.444 e. The van der Waals surface area contributed by atoms with Crippen LogP contribution in [-0.4, -0.2) is 33.3 Å². The van der Waals surface area contributed by atoms with Crippen molar-refractivity contribution in [2.75, 3.05) is 13.2 Å². The van der Waals surface area contributed by atoms with Gasteiger partial charge >= 0.3 is 6.09 Å². The van der Waals surface area contributed by atoms with E-state index in [1.807, 2.05) is 27.7 Å². The highest BCUT2D eigenvalue weighted by molar-refractivity contribution is 7.86. The summed E-state index contributed by atoms with van der Waals surface area (Å²) in [7, 11) is -3.69. The van der Waals surface area contributed by atoms with E-state index in [4.69, 9.17) is 8.92 Å². The van der Waals surface area contributed by atoms with E-state index < -0.39 is 15.7 Å². The predicted octanol–water partition coefficient (Wildman–Crippen LogP) is 3.79. The molecule has 6 nitrogen and oxygen atoms in total. The molecular weight excluding hydrogens is 366 g/mol. The third-order valence-corrected chi connectivity index (χ3v) is 6.76. The van der Waals surface area contributed by atoms with E-state index in [0.29, 0.717) is 6.54 Å². The average Bonchev–Trinajstić information content (AvgIpc) is 2.46. The maximum absolute atomic E-state index is 12.2. The minimum atomic E-state index is -3.69. The highest BCUT2D eigenvalue weighted by atomic mass is 32.2. The summed E-state index contributed by atoms with van der Waals surface area (Å²) in [5.74, 6) is 0. The van der Waals surface area contributed by atoms with Gasteiger partial charge in [-0.05, 0) is 76.3 Å². The van der Waals surface area contributed by atoms with Gasteiger partial charge in [-0.15, -0.1) is 0 Å². The summed E-state index contributed by atoms with van der Waals surface area (Å²) in [4.78, 5) is 12.0. The Morgan fingerprint density at radius 3 is 2.26 bits per heavy atom. The normalized spacial score (nSPS) is 26.7. The molecule has 1 N–H and O–H groups in total. The quantitative estimate of drug-likeness (QED) is 0.711. The molecule has 3 saturated carbocycles. The highest BCUT2D eigenvalue weighted by Crippen LogP contribution is 2.74. The molecule has 150 valence electrons. The number of hydrogen-bond donors (Lipinski definition) is 1. The Kier molecular flexibility index (Phi) is 5.06. The minimum absolute atomic E-state index is 0.159. The van der Waals surface area contributed by atoms with Crippen LogP contribution >= 0.6 is 0 Å². The number of alkyl carbamates (subject to hydrolysis) is 1. The third-order valence-electron chi connectivity index (χ3n) is 5.44. The van der Waals surface area contributed by atoms with Crippen LogP contribution in [0.4, 0.5) is 4.79 Å². The summed E-state index contributed by atoms with van der Waals surface area (Å²) in [6.07, 6.45) is 3.36. The van der Waals surface area contributed by atoms with Gasteiger partial charge < -0.3 is 10.1 Å². The van der Waals surface area contributed by atoms with E-state index in [1.165, 1.54) is 0 Å². The summed E-state index contributed by atoms with van der Waals surface area (Å²) in [6, 6.07) is 6.67. The number of carbonyl (C=O) groups is 1. The third kappa shape index (κ3) is 4.63. The van der Waals surface area contributed by atoms with Crippen LogP contribution in [-0.2, 0) is 19.0 Å². The number of nitrogens with one attached hydrogen (secondary N) is 1. The summed E-state index contributed by atoms with van der Waals surface area (Å²) in [5, 5.41) is 2.85. The number of amides is 1. The van der Waals surface area contributed by atoms with Crippen LogP contribution in [0, 0.1) is 17.8 Å². The van der Waals surface area contributed by atoms with Gasteiger partial charge in [-0.3, -0.25) is 4.18 Å². The SMILES string of the molecule is Cc1ccc(S(=O)(=O)OCCC23CC(CNC(=O)OC(C)(C)C)(C2)C3)cc1. The molecule has 0 radical (unpaired) electrons. The lowest BCUT2D eigenvalue weighted by atomic mass is 9.34. The van der Waals surface area contributed by atoms with Gasteiger partial charge in [0, 0.05) is 6.54 Å². The minimum Gasteiger partial charge on any atom is -0.444 e. The van der Waals surface area contributed by atoms with Gasteiger partial charge in [0.25, 0.3) is 10.1 Å². The van der Waals surface area contributed by atoms with Gasteiger partial charge in [-0.2, -0.15) is 8.42 Å². The van der Waals surface area contributed by atoms with Gasteiger partial charge in [0.05, 0.1) is 11.5 Å². The lowest BCUT2D eigenvalue weighted by Crippen LogP contribution is -2.65. The summed E-state index contributed by atoms with van der Waals surface area (Å²) < 4.78 is 34.9. The highest BCUT2D eigenvalue weighted by Gasteiger charge is 2.66. The first-order valence-electron chi connectivity index (χ1n) is 9.36. The molecule has 2 bridgehead atoms. The second-order valence-electron chi connectivity index (χ2n) is 9.22. The van der Waals surface area contributed by atoms with Gasteiger partial charge in [0.15, 0.2) is 0 Å². The monoisotopic (exact) mass is 395 g/mol. The first-order valence-corrected chi connectivity index (χ1v) is 10.8. The Morgan fingerprint density at radius 2 is 1.70 bits per heavy atom. The second kappa shape index (κ2) is 6.78. The van der Waals surface area contributed by atoms with Crippen molar-refractivity contribution in [2.24, 2.45) is 10.8 Å². The lowest BCUT2D eigenvalue weighted by Gasteiger charge is -2.71. The predicted molar refractivity (Wildman–Crippen MR) is 102 cm³/mol. The zero-order chi connectivity index (χ0) is 19.9. The maximum Gasteiger partial charge on any atom is 0.407 e. The Balaban J connectivity index is 1.39. The molecular formula is C20H29NO5S. The van der Waals surface area contributed by atoms with Crippen LogP contribution < -0.4 is 5.32 Å². The molecule has 0 aliphatic heterocycles. The molecule has 7 heteroatoms. The van der Waals surface area contributed by atoms with Gasteiger partial charge in [0.2, 0.25) is 0 Å². The zero-order valence-electron chi connectivity index (χ0n) is 16.5. The molecule has 4 rings (SSSR count). The molecule has 1 aromatic rings. The van der Waals surface area contributed by atoms with Crippen LogP contribution in [0.15, 0.2) is 29.2 Å². The van der Waals surface area contributed by atoms with Crippen LogP contribution in [0.25, 0.3) is 0 Å². The molecule has 1 amide bonds. The fourth-order valence-corrected chi connectivity index (χ4v) is 5.31. The van der Waals surface area contributed by atoms with E-state index in [2.05, 4.69) is 5.32 Å². The standard InChI is InChI=1S/C20H29NO5S/c1-15-5-7-16(8-6-15)27(23,24)25-10-9-19-11-20(12-19,13-19)14-21-17(22)26-18(2,3)4/h5-8H,9-14H2,1-4H3,(H,21,22).